The maximum atomic E-state index is 11.1. The van der Waals surface area contributed by atoms with Gasteiger partial charge < -0.3 is 14.6 Å². The molecule has 0 aromatic heterocycles. The molecule has 4 nitrogen and oxygen atoms in total. The lowest BCUT2D eigenvalue weighted by atomic mass is 9.96. The number of methoxy groups -OCH3 is 2. The molecule has 4 heteroatoms. The summed E-state index contributed by atoms with van der Waals surface area (Å²) in [5.41, 5.74) is 0.605. The average Bonchev–Trinajstić information content (AvgIpc) is 2.34. The van der Waals surface area contributed by atoms with E-state index in [1.807, 2.05) is 0 Å². The van der Waals surface area contributed by atoms with Crippen LogP contribution < -0.4 is 9.47 Å². The molecule has 1 atom stereocenters. The van der Waals surface area contributed by atoms with Crippen LogP contribution in [0.15, 0.2) is 18.2 Å². The van der Waals surface area contributed by atoms with Crippen LogP contribution in [0.3, 0.4) is 0 Å². The van der Waals surface area contributed by atoms with Gasteiger partial charge in [0.25, 0.3) is 0 Å². The molecule has 1 aromatic carbocycles. The van der Waals surface area contributed by atoms with E-state index < -0.39 is 11.9 Å². The highest BCUT2D eigenvalue weighted by molar-refractivity contribution is 5.77. The Bertz CT molecular complexity index is 445. The molecule has 0 aliphatic heterocycles. The Morgan fingerprint density at radius 1 is 1.41 bits per heavy atom. The summed E-state index contributed by atoms with van der Waals surface area (Å²) in [7, 11) is 3.02. The highest BCUT2D eigenvalue weighted by Gasteiger charge is 2.20. The molecule has 1 unspecified atom stereocenters. The summed E-state index contributed by atoms with van der Waals surface area (Å²) in [6.45, 7) is 0. The second kappa shape index (κ2) is 5.80. The van der Waals surface area contributed by atoms with Crippen LogP contribution in [0.1, 0.15) is 17.9 Å². The number of carboxylic acids is 1. The van der Waals surface area contributed by atoms with Gasteiger partial charge in [-0.25, -0.2) is 0 Å². The number of carbonyl (C=O) groups is 1. The summed E-state index contributed by atoms with van der Waals surface area (Å²) in [4.78, 5) is 11.1. The van der Waals surface area contributed by atoms with Gasteiger partial charge in [0, 0.05) is 6.42 Å². The van der Waals surface area contributed by atoms with E-state index in [2.05, 4.69) is 5.92 Å². The number of rotatable bonds is 5. The zero-order chi connectivity index (χ0) is 12.8. The fourth-order valence-corrected chi connectivity index (χ4v) is 1.54. The van der Waals surface area contributed by atoms with E-state index in [1.54, 1.807) is 18.2 Å². The molecule has 0 aliphatic carbocycles. The van der Waals surface area contributed by atoms with Crippen LogP contribution in [0.2, 0.25) is 0 Å². The quantitative estimate of drug-likeness (QED) is 0.790. The van der Waals surface area contributed by atoms with Crippen LogP contribution in [0.4, 0.5) is 0 Å². The van der Waals surface area contributed by atoms with Gasteiger partial charge in [-0.3, -0.25) is 4.79 Å². The van der Waals surface area contributed by atoms with Crippen LogP contribution in [-0.2, 0) is 4.79 Å². The van der Waals surface area contributed by atoms with Crippen LogP contribution >= 0.6 is 0 Å². The van der Waals surface area contributed by atoms with Gasteiger partial charge in [-0.2, -0.15) is 0 Å². The summed E-state index contributed by atoms with van der Waals surface area (Å²) >= 11 is 0. The van der Waals surface area contributed by atoms with Crippen molar-refractivity contribution < 1.29 is 19.4 Å². The van der Waals surface area contributed by atoms with Crippen molar-refractivity contribution in [3.8, 4) is 23.8 Å². The smallest absolute Gasteiger partial charge is 0.311 e. The average molecular weight is 234 g/mol. The molecule has 1 aromatic rings. The van der Waals surface area contributed by atoms with Crippen LogP contribution in [0.25, 0.3) is 0 Å². The minimum Gasteiger partial charge on any atom is -0.493 e. The largest absolute Gasteiger partial charge is 0.493 e. The van der Waals surface area contributed by atoms with Crippen molar-refractivity contribution in [1.29, 1.82) is 0 Å². The maximum Gasteiger partial charge on any atom is 0.311 e. The minimum absolute atomic E-state index is 0.144. The number of ether oxygens (including phenoxy) is 2. The Hall–Kier alpha value is -2.15. The fraction of sp³-hybridized carbons (Fsp3) is 0.308. The predicted octanol–water partition coefficient (Wildman–Crippen LogP) is 1.90. The van der Waals surface area contributed by atoms with Gasteiger partial charge >= 0.3 is 5.97 Å². The first kappa shape index (κ1) is 12.9. The third kappa shape index (κ3) is 2.91. The topological polar surface area (TPSA) is 55.8 Å². The minimum atomic E-state index is -0.949. The van der Waals surface area contributed by atoms with E-state index in [4.69, 9.17) is 21.0 Å². The molecule has 17 heavy (non-hydrogen) atoms. The Labute approximate surface area is 100 Å². The lowest BCUT2D eigenvalue weighted by Gasteiger charge is -2.13. The SMILES string of the molecule is C#CCC(C(=O)O)c1ccc(OC)c(OC)c1. The van der Waals surface area contributed by atoms with Crippen molar-refractivity contribution in [2.75, 3.05) is 14.2 Å². The summed E-state index contributed by atoms with van der Waals surface area (Å²) in [6.07, 6.45) is 5.31. The first-order valence-electron chi connectivity index (χ1n) is 5.02. The Balaban J connectivity index is 3.13. The monoisotopic (exact) mass is 234 g/mol. The van der Waals surface area contributed by atoms with Crippen molar-refractivity contribution in [2.45, 2.75) is 12.3 Å². The second-order valence-corrected chi connectivity index (χ2v) is 3.41. The van der Waals surface area contributed by atoms with Gasteiger partial charge in [0.15, 0.2) is 11.5 Å². The van der Waals surface area contributed by atoms with Crippen molar-refractivity contribution in [3.63, 3.8) is 0 Å². The highest BCUT2D eigenvalue weighted by atomic mass is 16.5. The summed E-state index contributed by atoms with van der Waals surface area (Å²) in [5, 5.41) is 9.08. The van der Waals surface area contributed by atoms with Crippen LogP contribution in [0.5, 0.6) is 11.5 Å². The number of carboxylic acid groups (broad SMARTS) is 1. The van der Waals surface area contributed by atoms with Crippen molar-refractivity contribution in [3.05, 3.63) is 23.8 Å². The molecule has 1 rings (SSSR count). The van der Waals surface area contributed by atoms with Gasteiger partial charge in [-0.15, -0.1) is 12.3 Å². The molecule has 0 amide bonds. The number of hydrogen-bond acceptors (Lipinski definition) is 3. The molecule has 0 spiro atoms. The van der Waals surface area contributed by atoms with Crippen molar-refractivity contribution in [2.24, 2.45) is 0 Å². The van der Waals surface area contributed by atoms with Crippen LogP contribution in [-0.4, -0.2) is 25.3 Å². The van der Waals surface area contributed by atoms with E-state index in [9.17, 15) is 4.79 Å². The van der Waals surface area contributed by atoms with Gasteiger partial charge in [0.2, 0.25) is 0 Å². The Morgan fingerprint density at radius 2 is 2.06 bits per heavy atom. The summed E-state index contributed by atoms with van der Waals surface area (Å²) < 4.78 is 10.2. The normalized spacial score (nSPS) is 11.4. The van der Waals surface area contributed by atoms with E-state index in [0.29, 0.717) is 17.1 Å². The van der Waals surface area contributed by atoms with Crippen LogP contribution in [0, 0.1) is 12.3 Å². The Kier molecular flexibility index (Phi) is 4.41. The van der Waals surface area contributed by atoms with E-state index in [0.717, 1.165) is 0 Å². The predicted molar refractivity (Wildman–Crippen MR) is 63.4 cm³/mol. The zero-order valence-electron chi connectivity index (χ0n) is 9.77. The molecule has 0 saturated heterocycles. The lowest BCUT2D eigenvalue weighted by molar-refractivity contribution is -0.138. The fourth-order valence-electron chi connectivity index (χ4n) is 1.54. The lowest BCUT2D eigenvalue weighted by Crippen LogP contribution is -2.11. The molecule has 90 valence electrons. The zero-order valence-corrected chi connectivity index (χ0v) is 9.77. The molecular formula is C13H14O4. The maximum absolute atomic E-state index is 11.1. The van der Waals surface area contributed by atoms with Crippen molar-refractivity contribution >= 4 is 5.97 Å². The molecule has 0 radical (unpaired) electrons. The summed E-state index contributed by atoms with van der Waals surface area (Å²) in [5.74, 6) is 1.74. The number of hydrogen-bond donors (Lipinski definition) is 1. The molecule has 0 fully saturated rings. The number of benzene rings is 1. The third-order valence-corrected chi connectivity index (χ3v) is 2.43. The molecule has 0 bridgehead atoms. The molecule has 0 saturated carbocycles. The first-order chi connectivity index (χ1) is 8.13. The molecule has 0 aliphatic rings. The van der Waals surface area contributed by atoms with Crippen molar-refractivity contribution in [1.82, 2.24) is 0 Å². The van der Waals surface area contributed by atoms with Gasteiger partial charge in [0.1, 0.15) is 0 Å². The third-order valence-electron chi connectivity index (χ3n) is 2.43. The molecular weight excluding hydrogens is 220 g/mol. The summed E-state index contributed by atoms with van der Waals surface area (Å²) in [6, 6.07) is 4.98. The Morgan fingerprint density at radius 3 is 2.53 bits per heavy atom. The number of terminal acetylenes is 1. The van der Waals surface area contributed by atoms with Gasteiger partial charge in [0.05, 0.1) is 20.1 Å². The first-order valence-corrected chi connectivity index (χ1v) is 5.02. The van der Waals surface area contributed by atoms with E-state index >= 15 is 0 Å². The number of aliphatic carboxylic acids is 1. The van der Waals surface area contributed by atoms with Gasteiger partial charge in [-0.1, -0.05) is 6.07 Å². The molecule has 1 N–H and O–H groups in total. The standard InChI is InChI=1S/C13H14O4/c1-4-5-10(13(14)15)9-6-7-11(16-2)12(8-9)17-3/h1,6-8,10H,5H2,2-3H3,(H,14,15). The van der Waals surface area contributed by atoms with E-state index in [1.165, 1.54) is 14.2 Å². The van der Waals surface area contributed by atoms with E-state index in [-0.39, 0.29) is 6.42 Å². The second-order valence-electron chi connectivity index (χ2n) is 3.41. The van der Waals surface area contributed by atoms with Gasteiger partial charge in [-0.05, 0) is 17.7 Å². The molecule has 0 heterocycles. The highest BCUT2D eigenvalue weighted by Crippen LogP contribution is 2.31.